The summed E-state index contributed by atoms with van der Waals surface area (Å²) in [5.74, 6) is 1.27. The highest BCUT2D eigenvalue weighted by molar-refractivity contribution is 6.69. The summed E-state index contributed by atoms with van der Waals surface area (Å²) in [6.45, 7) is 12.1. The maximum absolute atomic E-state index is 11.8. The molecule has 0 aliphatic carbocycles. The molecular weight excluding hydrogens is 350 g/mol. The van der Waals surface area contributed by atoms with Crippen molar-refractivity contribution in [3.8, 4) is 17.2 Å². The van der Waals surface area contributed by atoms with Gasteiger partial charge in [0.2, 0.25) is 0 Å². The number of carbonyl (C=O) groups is 1. The van der Waals surface area contributed by atoms with Crippen molar-refractivity contribution in [2.24, 2.45) is 7.05 Å². The fraction of sp³-hybridized carbons (Fsp3) is 0.526. The number of hydrogen-bond acceptors (Lipinski definition) is 5. The molecule has 0 fully saturated rings. The van der Waals surface area contributed by atoms with Crippen LogP contribution < -0.4 is 14.2 Å². The molecule has 0 amide bonds. The number of ether oxygens (including phenoxy) is 3. The molecule has 7 heteroatoms. The number of carbonyl (C=O) groups excluding carboxylic acids is 1. The monoisotopic (exact) mass is 379 g/mol. The van der Waals surface area contributed by atoms with E-state index in [2.05, 4.69) is 19.6 Å². The summed E-state index contributed by atoms with van der Waals surface area (Å²) < 4.78 is 25.5. The number of aromatic nitrogens is 1. The minimum absolute atomic E-state index is 0.309. The first-order valence-electron chi connectivity index (χ1n) is 8.78. The summed E-state index contributed by atoms with van der Waals surface area (Å²) in [6, 6.07) is 1.91. The van der Waals surface area contributed by atoms with E-state index in [1.54, 1.807) is 7.11 Å². The molecule has 2 aromatic rings. The van der Waals surface area contributed by atoms with E-state index >= 15 is 0 Å². The smallest absolute Gasteiger partial charge is 0.308 e. The fourth-order valence-electron chi connectivity index (χ4n) is 3.16. The van der Waals surface area contributed by atoms with Crippen molar-refractivity contribution in [3.63, 3.8) is 0 Å². The summed E-state index contributed by atoms with van der Waals surface area (Å²) in [5.41, 5.74) is 1.52. The van der Waals surface area contributed by atoms with E-state index < -0.39 is 8.32 Å². The third-order valence-electron chi connectivity index (χ3n) is 3.90. The minimum atomic E-state index is -1.84. The number of rotatable bonds is 7. The Labute approximate surface area is 156 Å². The van der Waals surface area contributed by atoms with Crippen molar-refractivity contribution in [3.05, 3.63) is 17.8 Å². The van der Waals surface area contributed by atoms with E-state index in [0.29, 0.717) is 29.4 Å². The van der Waals surface area contributed by atoms with Crippen LogP contribution in [0.15, 0.2) is 12.3 Å². The molecule has 6 nitrogen and oxygen atoms in total. The number of aryl methyl sites for hydroxylation is 1. The molecule has 0 radical (unpaired) electrons. The first-order valence-corrected chi connectivity index (χ1v) is 12.2. The molecule has 1 unspecified atom stereocenters. The SMILES string of the molecule is CCOc1c(C(C)O[Si](C)(C)C)c(OC(C)=O)c2ccn(C)c2c1OC. The van der Waals surface area contributed by atoms with Crippen LogP contribution in [0.25, 0.3) is 10.9 Å². The Hall–Kier alpha value is -1.99. The Morgan fingerprint density at radius 3 is 2.38 bits per heavy atom. The van der Waals surface area contributed by atoms with Crippen LogP contribution in [0, 0.1) is 0 Å². The van der Waals surface area contributed by atoms with Crippen molar-refractivity contribution in [2.45, 2.75) is 46.5 Å². The fourth-order valence-corrected chi connectivity index (χ4v) is 4.34. The molecule has 0 aliphatic heterocycles. The third-order valence-corrected chi connectivity index (χ3v) is 4.96. The maximum Gasteiger partial charge on any atom is 0.308 e. The molecule has 1 aromatic heterocycles. The predicted molar refractivity (Wildman–Crippen MR) is 105 cm³/mol. The topological polar surface area (TPSA) is 58.9 Å². The van der Waals surface area contributed by atoms with Gasteiger partial charge in [0.1, 0.15) is 5.75 Å². The molecule has 0 saturated heterocycles. The number of fused-ring (bicyclic) bond motifs is 1. The highest BCUT2D eigenvalue weighted by Gasteiger charge is 2.31. The highest BCUT2D eigenvalue weighted by atomic mass is 28.4. The van der Waals surface area contributed by atoms with Gasteiger partial charge in [0.05, 0.1) is 30.9 Å². The Kier molecular flexibility index (Phi) is 6.03. The van der Waals surface area contributed by atoms with Crippen molar-refractivity contribution < 1.29 is 23.4 Å². The van der Waals surface area contributed by atoms with E-state index in [0.717, 1.165) is 10.9 Å². The van der Waals surface area contributed by atoms with Crippen LogP contribution in [0.4, 0.5) is 0 Å². The van der Waals surface area contributed by atoms with E-state index in [4.69, 9.17) is 18.6 Å². The number of benzene rings is 1. The van der Waals surface area contributed by atoms with Crippen molar-refractivity contribution >= 4 is 25.2 Å². The lowest BCUT2D eigenvalue weighted by molar-refractivity contribution is -0.131. The summed E-state index contributed by atoms with van der Waals surface area (Å²) in [7, 11) is 1.69. The van der Waals surface area contributed by atoms with Gasteiger partial charge in [-0.25, -0.2) is 0 Å². The highest BCUT2D eigenvalue weighted by Crippen LogP contribution is 2.50. The first-order chi connectivity index (χ1) is 12.1. The molecule has 0 spiro atoms. The molecule has 0 aliphatic rings. The second-order valence-corrected chi connectivity index (χ2v) is 11.7. The van der Waals surface area contributed by atoms with E-state index in [-0.39, 0.29) is 12.1 Å². The zero-order valence-corrected chi connectivity index (χ0v) is 17.9. The van der Waals surface area contributed by atoms with Crippen LogP contribution in [-0.2, 0) is 16.3 Å². The van der Waals surface area contributed by atoms with Gasteiger partial charge in [0.25, 0.3) is 0 Å². The van der Waals surface area contributed by atoms with E-state index in [1.165, 1.54) is 6.92 Å². The molecule has 144 valence electrons. The third kappa shape index (κ3) is 4.04. The standard InChI is InChI=1S/C19H29NO5Si/c1-9-23-18-15(12(2)25-26(6,7)8)17(24-13(3)21)14-10-11-20(4)16(14)19(18)22-5/h10-12H,9H2,1-8H3. The van der Waals surface area contributed by atoms with Gasteiger partial charge in [0.15, 0.2) is 19.8 Å². The first kappa shape index (κ1) is 20.3. The number of methoxy groups -OCH3 is 1. The number of nitrogens with zero attached hydrogens (tertiary/aromatic N) is 1. The molecule has 1 heterocycles. The van der Waals surface area contributed by atoms with Gasteiger partial charge in [-0.05, 0) is 39.6 Å². The summed E-state index contributed by atoms with van der Waals surface area (Å²) in [5, 5.41) is 0.795. The summed E-state index contributed by atoms with van der Waals surface area (Å²) in [4.78, 5) is 11.8. The lowest BCUT2D eigenvalue weighted by Gasteiger charge is -2.28. The largest absolute Gasteiger partial charge is 0.491 e. The maximum atomic E-state index is 11.8. The quantitative estimate of drug-likeness (QED) is 0.405. The molecule has 0 N–H and O–H groups in total. The average Bonchev–Trinajstić information content (AvgIpc) is 2.88. The van der Waals surface area contributed by atoms with Crippen molar-refractivity contribution in [1.29, 1.82) is 0 Å². The second-order valence-electron chi connectivity index (χ2n) is 7.19. The average molecular weight is 380 g/mol. The molecule has 26 heavy (non-hydrogen) atoms. The second kappa shape index (κ2) is 7.71. The van der Waals surface area contributed by atoms with Crippen LogP contribution in [-0.4, -0.2) is 32.6 Å². The van der Waals surface area contributed by atoms with Gasteiger partial charge >= 0.3 is 5.97 Å². The van der Waals surface area contributed by atoms with Crippen LogP contribution >= 0.6 is 0 Å². The van der Waals surface area contributed by atoms with Gasteiger partial charge in [-0.2, -0.15) is 0 Å². The molecule has 2 rings (SSSR count). The van der Waals surface area contributed by atoms with Crippen molar-refractivity contribution in [1.82, 2.24) is 4.57 Å². The van der Waals surface area contributed by atoms with Gasteiger partial charge in [-0.1, -0.05) is 0 Å². The zero-order chi connectivity index (χ0) is 19.6. The zero-order valence-electron chi connectivity index (χ0n) is 16.9. The van der Waals surface area contributed by atoms with Crippen LogP contribution in [0.5, 0.6) is 17.2 Å². The lowest BCUT2D eigenvalue weighted by atomic mass is 10.0. The summed E-state index contributed by atoms with van der Waals surface area (Å²) in [6.07, 6.45) is 1.60. The number of esters is 1. The van der Waals surface area contributed by atoms with Gasteiger partial charge in [0, 0.05) is 25.6 Å². The van der Waals surface area contributed by atoms with Gasteiger partial charge < -0.3 is 23.2 Å². The Bertz CT molecular complexity index is 807. The van der Waals surface area contributed by atoms with E-state index in [1.807, 2.05) is 37.7 Å². The molecule has 0 bridgehead atoms. The molecular formula is C19H29NO5Si. The van der Waals surface area contributed by atoms with E-state index in [9.17, 15) is 4.79 Å². The van der Waals surface area contributed by atoms with Gasteiger partial charge in [-0.15, -0.1) is 0 Å². The van der Waals surface area contributed by atoms with Crippen LogP contribution in [0.1, 0.15) is 32.4 Å². The Morgan fingerprint density at radius 1 is 1.23 bits per heavy atom. The normalized spacial score (nSPS) is 12.9. The minimum Gasteiger partial charge on any atom is -0.491 e. The van der Waals surface area contributed by atoms with Crippen LogP contribution in [0.3, 0.4) is 0 Å². The lowest BCUT2D eigenvalue weighted by Crippen LogP contribution is -2.27. The number of hydrogen-bond donors (Lipinski definition) is 0. The van der Waals surface area contributed by atoms with Crippen LogP contribution in [0.2, 0.25) is 19.6 Å². The Balaban J connectivity index is 2.87. The molecule has 0 saturated carbocycles. The predicted octanol–water partition coefficient (Wildman–Crippen LogP) is 4.42. The Morgan fingerprint density at radius 2 is 1.88 bits per heavy atom. The molecule has 1 aromatic carbocycles. The van der Waals surface area contributed by atoms with Crippen molar-refractivity contribution in [2.75, 3.05) is 13.7 Å². The summed E-state index contributed by atoms with van der Waals surface area (Å²) >= 11 is 0. The molecule has 1 atom stereocenters. The van der Waals surface area contributed by atoms with Gasteiger partial charge in [-0.3, -0.25) is 4.79 Å².